The Morgan fingerprint density at radius 2 is 2.00 bits per heavy atom. The van der Waals surface area contributed by atoms with E-state index in [-0.39, 0.29) is 17.3 Å². The van der Waals surface area contributed by atoms with Gasteiger partial charge in [0.15, 0.2) is 0 Å². The number of halogens is 2. The Balaban J connectivity index is 2.37. The second-order valence-electron chi connectivity index (χ2n) is 4.73. The molecule has 1 N–H and O–H groups in total. The van der Waals surface area contributed by atoms with Crippen molar-refractivity contribution in [3.05, 3.63) is 41.2 Å². The van der Waals surface area contributed by atoms with Crippen LogP contribution in [0, 0.1) is 18.6 Å². The van der Waals surface area contributed by atoms with Crippen LogP contribution >= 0.6 is 0 Å². The van der Waals surface area contributed by atoms with E-state index in [2.05, 4.69) is 15.6 Å². The summed E-state index contributed by atoms with van der Waals surface area (Å²) in [4.78, 5) is 0. The third-order valence-electron chi connectivity index (χ3n) is 2.77. The normalized spacial score (nSPS) is 11.3. The van der Waals surface area contributed by atoms with Crippen LogP contribution in [0.2, 0.25) is 0 Å². The first-order chi connectivity index (χ1) is 8.99. The lowest BCUT2D eigenvalue weighted by Crippen LogP contribution is -2.23. The minimum Gasteiger partial charge on any atom is -0.309 e. The van der Waals surface area contributed by atoms with Crippen molar-refractivity contribution in [3.8, 4) is 5.69 Å². The maximum atomic E-state index is 13.9. The summed E-state index contributed by atoms with van der Waals surface area (Å²) < 4.78 is 28.8. The second kappa shape index (κ2) is 5.44. The van der Waals surface area contributed by atoms with E-state index in [1.165, 1.54) is 17.8 Å². The largest absolute Gasteiger partial charge is 0.309 e. The minimum absolute atomic E-state index is 0.0705. The van der Waals surface area contributed by atoms with Crippen LogP contribution in [-0.2, 0) is 6.54 Å². The highest BCUT2D eigenvalue weighted by atomic mass is 19.1. The zero-order valence-electron chi connectivity index (χ0n) is 11.1. The van der Waals surface area contributed by atoms with Gasteiger partial charge in [0.1, 0.15) is 17.3 Å². The third-order valence-corrected chi connectivity index (χ3v) is 2.77. The summed E-state index contributed by atoms with van der Waals surface area (Å²) in [5.74, 6) is -0.982. The molecule has 2 rings (SSSR count). The van der Waals surface area contributed by atoms with Gasteiger partial charge < -0.3 is 5.32 Å². The molecule has 0 aliphatic carbocycles. The minimum atomic E-state index is -0.518. The van der Waals surface area contributed by atoms with Crippen molar-refractivity contribution in [1.29, 1.82) is 0 Å². The van der Waals surface area contributed by atoms with Crippen LogP contribution in [0.3, 0.4) is 0 Å². The first-order valence-electron chi connectivity index (χ1n) is 6.08. The van der Waals surface area contributed by atoms with Gasteiger partial charge in [-0.3, -0.25) is 0 Å². The molecule has 2 aromatic rings. The van der Waals surface area contributed by atoms with Gasteiger partial charge in [0.25, 0.3) is 0 Å². The van der Waals surface area contributed by atoms with Crippen LogP contribution in [-0.4, -0.2) is 21.0 Å². The standard InChI is InChI=1S/C13H16F2N4/c1-8(2)16-6-10-7-17-18-19(10)13-5-11(14)9(3)4-12(13)15/h4-5,7-8,16H,6H2,1-3H3. The summed E-state index contributed by atoms with van der Waals surface area (Å²) in [6.07, 6.45) is 1.53. The lowest BCUT2D eigenvalue weighted by molar-refractivity contribution is 0.553. The van der Waals surface area contributed by atoms with E-state index in [9.17, 15) is 8.78 Å². The maximum Gasteiger partial charge on any atom is 0.149 e. The van der Waals surface area contributed by atoms with Crippen molar-refractivity contribution in [2.24, 2.45) is 0 Å². The van der Waals surface area contributed by atoms with Gasteiger partial charge in [-0.05, 0) is 18.6 Å². The van der Waals surface area contributed by atoms with Crippen molar-refractivity contribution in [2.75, 3.05) is 0 Å². The summed E-state index contributed by atoms with van der Waals surface area (Å²) in [7, 11) is 0. The van der Waals surface area contributed by atoms with Crippen LogP contribution in [0.15, 0.2) is 18.3 Å². The summed E-state index contributed by atoms with van der Waals surface area (Å²) in [5, 5.41) is 10.8. The summed E-state index contributed by atoms with van der Waals surface area (Å²) in [6, 6.07) is 2.58. The van der Waals surface area contributed by atoms with Crippen molar-refractivity contribution in [1.82, 2.24) is 20.3 Å². The molecule has 0 unspecified atom stereocenters. The molecule has 0 aliphatic heterocycles. The Morgan fingerprint density at radius 3 is 2.68 bits per heavy atom. The summed E-state index contributed by atoms with van der Waals surface area (Å²) in [6.45, 7) is 6.00. The van der Waals surface area contributed by atoms with Gasteiger partial charge in [-0.25, -0.2) is 13.5 Å². The van der Waals surface area contributed by atoms with Crippen LogP contribution < -0.4 is 5.32 Å². The van der Waals surface area contributed by atoms with Gasteiger partial charge >= 0.3 is 0 Å². The molecular formula is C13H16F2N4. The number of benzene rings is 1. The van der Waals surface area contributed by atoms with Crippen LogP contribution in [0.4, 0.5) is 8.78 Å². The van der Waals surface area contributed by atoms with Gasteiger partial charge in [-0.15, -0.1) is 5.10 Å². The molecule has 0 saturated carbocycles. The van der Waals surface area contributed by atoms with Gasteiger partial charge in [-0.1, -0.05) is 19.1 Å². The van der Waals surface area contributed by atoms with Gasteiger partial charge in [-0.2, -0.15) is 0 Å². The summed E-state index contributed by atoms with van der Waals surface area (Å²) >= 11 is 0. The molecule has 102 valence electrons. The van der Waals surface area contributed by atoms with E-state index in [1.807, 2.05) is 13.8 Å². The maximum absolute atomic E-state index is 13.9. The van der Waals surface area contributed by atoms with Crippen molar-refractivity contribution in [3.63, 3.8) is 0 Å². The number of aromatic nitrogens is 3. The number of aryl methyl sites for hydroxylation is 1. The van der Waals surface area contributed by atoms with E-state index in [0.717, 1.165) is 12.1 Å². The number of hydrogen-bond donors (Lipinski definition) is 1. The Bertz CT molecular complexity index is 578. The van der Waals surface area contributed by atoms with Crippen LogP contribution in [0.25, 0.3) is 5.69 Å². The van der Waals surface area contributed by atoms with E-state index in [4.69, 9.17) is 0 Å². The molecule has 1 aromatic heterocycles. The number of hydrogen-bond acceptors (Lipinski definition) is 3. The van der Waals surface area contributed by atoms with Crippen LogP contribution in [0.5, 0.6) is 0 Å². The zero-order valence-corrected chi connectivity index (χ0v) is 11.1. The Morgan fingerprint density at radius 1 is 1.26 bits per heavy atom. The van der Waals surface area contributed by atoms with Crippen molar-refractivity contribution in [2.45, 2.75) is 33.4 Å². The predicted octanol–water partition coefficient (Wildman–Crippen LogP) is 2.35. The number of nitrogens with one attached hydrogen (secondary N) is 1. The SMILES string of the molecule is Cc1cc(F)c(-n2nncc2CNC(C)C)cc1F. The highest BCUT2D eigenvalue weighted by Gasteiger charge is 2.13. The first kappa shape index (κ1) is 13.6. The number of rotatable bonds is 4. The molecule has 19 heavy (non-hydrogen) atoms. The molecular weight excluding hydrogens is 250 g/mol. The first-order valence-corrected chi connectivity index (χ1v) is 6.08. The molecule has 6 heteroatoms. The molecule has 0 bridgehead atoms. The monoisotopic (exact) mass is 266 g/mol. The predicted molar refractivity (Wildman–Crippen MR) is 68.0 cm³/mol. The highest BCUT2D eigenvalue weighted by Crippen LogP contribution is 2.18. The molecule has 0 amide bonds. The Labute approximate surface area is 110 Å². The lowest BCUT2D eigenvalue weighted by atomic mass is 10.2. The molecule has 1 aromatic carbocycles. The molecule has 0 aliphatic rings. The summed E-state index contributed by atoms with van der Waals surface area (Å²) in [5.41, 5.74) is 1.01. The Kier molecular flexibility index (Phi) is 3.90. The number of nitrogens with zero attached hydrogens (tertiary/aromatic N) is 3. The fraction of sp³-hybridized carbons (Fsp3) is 0.385. The van der Waals surface area contributed by atoms with Crippen molar-refractivity contribution < 1.29 is 8.78 Å². The molecule has 1 heterocycles. The fourth-order valence-electron chi connectivity index (χ4n) is 1.69. The average Bonchev–Trinajstić information content (AvgIpc) is 2.79. The zero-order chi connectivity index (χ0) is 14.0. The smallest absolute Gasteiger partial charge is 0.149 e. The third kappa shape index (κ3) is 2.96. The van der Waals surface area contributed by atoms with E-state index >= 15 is 0 Å². The Hall–Kier alpha value is -1.82. The molecule has 0 saturated heterocycles. The molecule has 0 radical (unpaired) electrons. The highest BCUT2D eigenvalue weighted by molar-refractivity contribution is 5.37. The topological polar surface area (TPSA) is 42.7 Å². The van der Waals surface area contributed by atoms with E-state index in [1.54, 1.807) is 0 Å². The second-order valence-corrected chi connectivity index (χ2v) is 4.73. The quantitative estimate of drug-likeness (QED) is 0.923. The van der Waals surface area contributed by atoms with Gasteiger partial charge in [0, 0.05) is 18.7 Å². The molecule has 0 spiro atoms. The molecule has 0 atom stereocenters. The van der Waals surface area contributed by atoms with E-state index < -0.39 is 11.6 Å². The fourth-order valence-corrected chi connectivity index (χ4v) is 1.69. The van der Waals surface area contributed by atoms with Crippen LogP contribution in [0.1, 0.15) is 25.1 Å². The molecule has 4 nitrogen and oxygen atoms in total. The van der Waals surface area contributed by atoms with E-state index in [0.29, 0.717) is 12.2 Å². The molecule has 0 fully saturated rings. The average molecular weight is 266 g/mol. The van der Waals surface area contributed by atoms with Gasteiger partial charge in [0.2, 0.25) is 0 Å². The lowest BCUT2D eigenvalue weighted by Gasteiger charge is -2.11. The van der Waals surface area contributed by atoms with Crippen molar-refractivity contribution >= 4 is 0 Å². The van der Waals surface area contributed by atoms with Gasteiger partial charge in [0.05, 0.1) is 11.9 Å².